The van der Waals surface area contributed by atoms with Gasteiger partial charge in [0.2, 0.25) is 5.91 Å². The number of ether oxygens (including phenoxy) is 1. The number of para-hydroxylation sites is 2. The molecule has 2 aliphatic rings. The van der Waals surface area contributed by atoms with Crippen LogP contribution in [-0.4, -0.2) is 70.7 Å². The van der Waals surface area contributed by atoms with Crippen molar-refractivity contribution in [3.05, 3.63) is 30.1 Å². The monoisotopic (exact) mass is 356 g/mol. The van der Waals surface area contributed by atoms with Gasteiger partial charge in [0, 0.05) is 32.2 Å². The molecule has 4 rings (SSSR count). The van der Waals surface area contributed by atoms with Crippen molar-refractivity contribution in [3.8, 4) is 0 Å². The number of hydrogen-bond donors (Lipinski definition) is 0. The molecular formula is C20H28N4O2. The molecule has 2 fully saturated rings. The Morgan fingerprint density at radius 1 is 1.19 bits per heavy atom. The van der Waals surface area contributed by atoms with Gasteiger partial charge in [-0.2, -0.15) is 0 Å². The highest BCUT2D eigenvalue weighted by atomic mass is 16.5. The fourth-order valence-corrected chi connectivity index (χ4v) is 4.22. The highest BCUT2D eigenvalue weighted by molar-refractivity contribution is 5.81. The molecule has 2 aliphatic heterocycles. The molecule has 1 atom stereocenters. The molecule has 26 heavy (non-hydrogen) atoms. The summed E-state index contributed by atoms with van der Waals surface area (Å²) in [5.41, 5.74) is 2.00. The number of aromatic nitrogens is 2. The zero-order valence-corrected chi connectivity index (χ0v) is 15.6. The minimum atomic E-state index is 0.217. The van der Waals surface area contributed by atoms with Crippen LogP contribution in [0.1, 0.15) is 25.1 Å². The number of nitrogens with zero attached hydrogens (tertiary/aromatic N) is 4. The van der Waals surface area contributed by atoms with E-state index in [0.717, 1.165) is 69.1 Å². The summed E-state index contributed by atoms with van der Waals surface area (Å²) < 4.78 is 7.51. The van der Waals surface area contributed by atoms with Crippen LogP contribution in [0.2, 0.25) is 0 Å². The standard InChI is InChI=1S/C20H28N4O2/c1-16-21-18-7-2-3-8-19(18)24(16)15-20(25)23-9-5-4-6-17(23)14-22-10-12-26-13-11-22/h2-3,7-8,17H,4-6,9-15H2,1H3/t17-/m0/s1. The third kappa shape index (κ3) is 3.62. The number of piperidine rings is 1. The number of morpholine rings is 1. The largest absolute Gasteiger partial charge is 0.379 e. The lowest BCUT2D eigenvalue weighted by atomic mass is 10.0. The Labute approximate surface area is 154 Å². The van der Waals surface area contributed by atoms with E-state index < -0.39 is 0 Å². The van der Waals surface area contributed by atoms with Gasteiger partial charge in [-0.15, -0.1) is 0 Å². The molecule has 1 aromatic carbocycles. The molecule has 2 saturated heterocycles. The molecule has 0 saturated carbocycles. The predicted molar refractivity (Wildman–Crippen MR) is 101 cm³/mol. The Hall–Kier alpha value is -1.92. The Balaban J connectivity index is 1.48. The second kappa shape index (κ2) is 7.76. The fourth-order valence-electron chi connectivity index (χ4n) is 4.22. The van der Waals surface area contributed by atoms with Gasteiger partial charge in [-0.3, -0.25) is 9.69 Å². The van der Waals surface area contributed by atoms with E-state index in [9.17, 15) is 4.79 Å². The summed E-state index contributed by atoms with van der Waals surface area (Å²) >= 11 is 0. The number of aryl methyl sites for hydroxylation is 1. The number of imidazole rings is 1. The van der Waals surface area contributed by atoms with Crippen LogP contribution in [0.5, 0.6) is 0 Å². The summed E-state index contributed by atoms with van der Waals surface area (Å²) in [5.74, 6) is 1.12. The van der Waals surface area contributed by atoms with Crippen molar-refractivity contribution in [2.45, 2.75) is 38.8 Å². The second-order valence-corrected chi connectivity index (χ2v) is 7.38. The molecule has 6 nitrogen and oxygen atoms in total. The molecule has 1 amide bonds. The van der Waals surface area contributed by atoms with Gasteiger partial charge < -0.3 is 14.2 Å². The van der Waals surface area contributed by atoms with Crippen LogP contribution < -0.4 is 0 Å². The predicted octanol–water partition coefficient (Wildman–Crippen LogP) is 2.06. The molecule has 6 heteroatoms. The van der Waals surface area contributed by atoms with Crippen LogP contribution in [-0.2, 0) is 16.1 Å². The average Bonchev–Trinajstić information content (AvgIpc) is 2.98. The number of rotatable bonds is 4. The van der Waals surface area contributed by atoms with Gasteiger partial charge in [-0.25, -0.2) is 4.98 Å². The minimum Gasteiger partial charge on any atom is -0.379 e. The van der Waals surface area contributed by atoms with Crippen molar-refractivity contribution in [1.29, 1.82) is 0 Å². The summed E-state index contributed by atoms with van der Waals surface area (Å²) in [6.07, 6.45) is 3.42. The number of carbonyl (C=O) groups excluding carboxylic acids is 1. The first kappa shape index (κ1) is 17.5. The van der Waals surface area contributed by atoms with Crippen LogP contribution in [0, 0.1) is 6.92 Å². The SMILES string of the molecule is Cc1nc2ccccc2n1CC(=O)N1CCCC[C@H]1CN1CCOCC1. The van der Waals surface area contributed by atoms with E-state index in [1.807, 2.05) is 31.2 Å². The smallest absolute Gasteiger partial charge is 0.242 e. The molecular weight excluding hydrogens is 328 g/mol. The summed E-state index contributed by atoms with van der Waals surface area (Å²) in [4.78, 5) is 22.3. The lowest BCUT2D eigenvalue weighted by Gasteiger charge is -2.39. The van der Waals surface area contributed by atoms with Crippen molar-refractivity contribution < 1.29 is 9.53 Å². The molecule has 0 aliphatic carbocycles. The van der Waals surface area contributed by atoms with Crippen molar-refractivity contribution >= 4 is 16.9 Å². The van der Waals surface area contributed by atoms with E-state index in [1.165, 1.54) is 6.42 Å². The first-order valence-electron chi connectivity index (χ1n) is 9.74. The van der Waals surface area contributed by atoms with Gasteiger partial charge in [-0.05, 0) is 38.3 Å². The molecule has 0 unspecified atom stereocenters. The van der Waals surface area contributed by atoms with Crippen molar-refractivity contribution in [3.63, 3.8) is 0 Å². The maximum absolute atomic E-state index is 13.1. The van der Waals surface area contributed by atoms with Crippen LogP contribution >= 0.6 is 0 Å². The average molecular weight is 356 g/mol. The van der Waals surface area contributed by atoms with Crippen molar-refractivity contribution in [1.82, 2.24) is 19.4 Å². The van der Waals surface area contributed by atoms with Crippen LogP contribution in [0.15, 0.2) is 24.3 Å². The zero-order valence-electron chi connectivity index (χ0n) is 15.6. The van der Waals surface area contributed by atoms with E-state index in [-0.39, 0.29) is 5.91 Å². The van der Waals surface area contributed by atoms with Gasteiger partial charge in [-0.1, -0.05) is 12.1 Å². The first-order chi connectivity index (χ1) is 12.7. The highest BCUT2D eigenvalue weighted by Crippen LogP contribution is 2.21. The second-order valence-electron chi connectivity index (χ2n) is 7.38. The molecule has 140 valence electrons. The molecule has 0 spiro atoms. The summed E-state index contributed by atoms with van der Waals surface area (Å²) in [7, 11) is 0. The Morgan fingerprint density at radius 2 is 2.00 bits per heavy atom. The molecule has 0 N–H and O–H groups in total. The first-order valence-corrected chi connectivity index (χ1v) is 9.74. The third-order valence-corrected chi connectivity index (χ3v) is 5.66. The summed E-state index contributed by atoms with van der Waals surface area (Å²) in [5, 5.41) is 0. The van der Waals surface area contributed by atoms with E-state index in [2.05, 4.69) is 19.4 Å². The molecule has 0 radical (unpaired) electrons. The maximum atomic E-state index is 13.1. The number of hydrogen-bond acceptors (Lipinski definition) is 4. The number of carbonyl (C=O) groups is 1. The molecule has 1 aromatic heterocycles. The number of amides is 1. The minimum absolute atomic E-state index is 0.217. The maximum Gasteiger partial charge on any atom is 0.242 e. The summed E-state index contributed by atoms with van der Waals surface area (Å²) in [6.45, 7) is 7.77. The van der Waals surface area contributed by atoms with E-state index in [0.29, 0.717) is 12.6 Å². The van der Waals surface area contributed by atoms with Gasteiger partial charge in [0.25, 0.3) is 0 Å². The fraction of sp³-hybridized carbons (Fsp3) is 0.600. The Morgan fingerprint density at radius 3 is 2.85 bits per heavy atom. The van der Waals surface area contributed by atoms with Crippen molar-refractivity contribution in [2.75, 3.05) is 39.4 Å². The number of benzene rings is 1. The lowest BCUT2D eigenvalue weighted by molar-refractivity contribution is -0.136. The van der Waals surface area contributed by atoms with Gasteiger partial charge in [0.1, 0.15) is 12.4 Å². The highest BCUT2D eigenvalue weighted by Gasteiger charge is 2.29. The Bertz CT molecular complexity index is 766. The lowest BCUT2D eigenvalue weighted by Crippen LogP contribution is -2.52. The molecule has 3 heterocycles. The molecule has 0 bridgehead atoms. The van der Waals surface area contributed by atoms with Crippen LogP contribution in [0.3, 0.4) is 0 Å². The van der Waals surface area contributed by atoms with E-state index in [4.69, 9.17) is 4.74 Å². The van der Waals surface area contributed by atoms with E-state index >= 15 is 0 Å². The third-order valence-electron chi connectivity index (χ3n) is 5.66. The normalized spacial score (nSPS) is 22.0. The Kier molecular flexibility index (Phi) is 5.22. The van der Waals surface area contributed by atoms with Crippen LogP contribution in [0.25, 0.3) is 11.0 Å². The molecule has 2 aromatic rings. The summed E-state index contributed by atoms with van der Waals surface area (Å²) in [6, 6.07) is 8.37. The van der Waals surface area contributed by atoms with Crippen LogP contribution in [0.4, 0.5) is 0 Å². The van der Waals surface area contributed by atoms with E-state index in [1.54, 1.807) is 0 Å². The quantitative estimate of drug-likeness (QED) is 0.841. The number of fused-ring (bicyclic) bond motifs is 1. The van der Waals surface area contributed by atoms with Gasteiger partial charge in [0.15, 0.2) is 0 Å². The zero-order chi connectivity index (χ0) is 17.9. The van der Waals surface area contributed by atoms with Gasteiger partial charge in [0.05, 0.1) is 24.2 Å². The van der Waals surface area contributed by atoms with Gasteiger partial charge >= 0.3 is 0 Å². The van der Waals surface area contributed by atoms with Crippen molar-refractivity contribution in [2.24, 2.45) is 0 Å². The number of likely N-dealkylation sites (tertiary alicyclic amines) is 1. The topological polar surface area (TPSA) is 50.6 Å².